The fourth-order valence-electron chi connectivity index (χ4n) is 1.74. The summed E-state index contributed by atoms with van der Waals surface area (Å²) >= 11 is 1.54. The Morgan fingerprint density at radius 1 is 1.56 bits per heavy atom. The maximum Gasteiger partial charge on any atom is 0.142 e. The monoisotopic (exact) mass is 237 g/mol. The Hall–Kier alpha value is -1.05. The summed E-state index contributed by atoms with van der Waals surface area (Å²) in [6.07, 6.45) is 1.12. The molecule has 1 aromatic rings. The zero-order valence-corrected chi connectivity index (χ0v) is 9.76. The molecule has 0 unspecified atom stereocenters. The van der Waals surface area contributed by atoms with Crippen LogP contribution in [0.4, 0.5) is 4.39 Å². The van der Waals surface area contributed by atoms with E-state index in [4.69, 9.17) is 10.00 Å². The van der Waals surface area contributed by atoms with Crippen molar-refractivity contribution in [3.63, 3.8) is 0 Å². The highest BCUT2D eigenvalue weighted by atomic mass is 32.2. The number of halogens is 1. The molecule has 0 bridgehead atoms. The molecule has 0 radical (unpaired) electrons. The van der Waals surface area contributed by atoms with Crippen LogP contribution < -0.4 is 0 Å². The van der Waals surface area contributed by atoms with Gasteiger partial charge < -0.3 is 4.74 Å². The van der Waals surface area contributed by atoms with Gasteiger partial charge in [-0.05, 0) is 25.5 Å². The first-order valence-corrected chi connectivity index (χ1v) is 6.07. The second kappa shape index (κ2) is 4.86. The molecule has 0 saturated carbocycles. The summed E-state index contributed by atoms with van der Waals surface area (Å²) < 4.78 is 18.8. The average Bonchev–Trinajstić information content (AvgIpc) is 2.65. The second-order valence-electron chi connectivity index (χ2n) is 3.75. The smallest absolute Gasteiger partial charge is 0.142 e. The quantitative estimate of drug-likeness (QED) is 0.792. The lowest BCUT2D eigenvalue weighted by Crippen LogP contribution is -2.13. The number of hydrogen-bond acceptors (Lipinski definition) is 3. The fourth-order valence-corrected chi connectivity index (χ4v) is 2.97. The van der Waals surface area contributed by atoms with Crippen molar-refractivity contribution >= 4 is 11.8 Å². The van der Waals surface area contributed by atoms with Crippen LogP contribution in [0, 0.1) is 17.1 Å². The summed E-state index contributed by atoms with van der Waals surface area (Å²) in [5, 5.41) is 9.22. The summed E-state index contributed by atoms with van der Waals surface area (Å²) in [5.41, 5.74) is 0.145. The number of benzene rings is 1. The normalized spacial score (nSPS) is 24.3. The van der Waals surface area contributed by atoms with Crippen LogP contribution in [0.3, 0.4) is 0 Å². The molecule has 0 spiro atoms. The summed E-state index contributed by atoms with van der Waals surface area (Å²) in [4.78, 5) is 0.713. The van der Waals surface area contributed by atoms with Gasteiger partial charge in [-0.15, -0.1) is 11.8 Å². The molecule has 1 fully saturated rings. The Labute approximate surface area is 98.4 Å². The van der Waals surface area contributed by atoms with Gasteiger partial charge in [0, 0.05) is 16.8 Å². The van der Waals surface area contributed by atoms with E-state index in [1.54, 1.807) is 12.1 Å². The Morgan fingerprint density at radius 2 is 2.38 bits per heavy atom. The molecule has 1 aliphatic heterocycles. The SMILES string of the molecule is C[C@H]1OCC[C@H]1Sc1cccc(F)c1C#N. The van der Waals surface area contributed by atoms with Crippen LogP contribution in [0.25, 0.3) is 0 Å². The topological polar surface area (TPSA) is 33.0 Å². The lowest BCUT2D eigenvalue weighted by molar-refractivity contribution is 0.127. The van der Waals surface area contributed by atoms with E-state index in [9.17, 15) is 4.39 Å². The van der Waals surface area contributed by atoms with Crippen LogP contribution in [0.15, 0.2) is 23.1 Å². The molecular weight excluding hydrogens is 225 g/mol. The predicted octanol–water partition coefficient (Wildman–Crippen LogP) is 2.97. The first-order chi connectivity index (χ1) is 7.72. The molecule has 0 amide bonds. The van der Waals surface area contributed by atoms with Crippen molar-refractivity contribution in [1.82, 2.24) is 0 Å². The van der Waals surface area contributed by atoms with Gasteiger partial charge in [0.25, 0.3) is 0 Å². The third-order valence-electron chi connectivity index (χ3n) is 2.67. The highest BCUT2D eigenvalue weighted by molar-refractivity contribution is 8.00. The molecule has 2 nitrogen and oxygen atoms in total. The van der Waals surface area contributed by atoms with Crippen LogP contribution in [0.1, 0.15) is 18.9 Å². The van der Waals surface area contributed by atoms with Gasteiger partial charge in [-0.2, -0.15) is 5.26 Å². The lowest BCUT2D eigenvalue weighted by atomic mass is 10.2. The largest absolute Gasteiger partial charge is 0.377 e. The van der Waals surface area contributed by atoms with Gasteiger partial charge in [0.2, 0.25) is 0 Å². The lowest BCUT2D eigenvalue weighted by Gasteiger charge is -2.14. The predicted molar refractivity (Wildman–Crippen MR) is 60.8 cm³/mol. The summed E-state index contributed by atoms with van der Waals surface area (Å²) in [7, 11) is 0. The van der Waals surface area contributed by atoms with Crippen molar-refractivity contribution in [2.24, 2.45) is 0 Å². The third-order valence-corrected chi connectivity index (χ3v) is 4.19. The van der Waals surface area contributed by atoms with Crippen molar-refractivity contribution in [2.75, 3.05) is 6.61 Å². The summed E-state index contributed by atoms with van der Waals surface area (Å²) in [6.45, 7) is 2.76. The minimum atomic E-state index is -0.445. The number of nitrogens with zero attached hydrogens (tertiary/aromatic N) is 1. The van der Waals surface area contributed by atoms with Crippen molar-refractivity contribution in [3.05, 3.63) is 29.6 Å². The molecule has 0 aliphatic carbocycles. The zero-order chi connectivity index (χ0) is 11.5. The van der Waals surface area contributed by atoms with Gasteiger partial charge in [-0.1, -0.05) is 6.07 Å². The number of ether oxygens (including phenoxy) is 1. The molecule has 1 aromatic carbocycles. The van der Waals surface area contributed by atoms with E-state index in [1.807, 2.05) is 13.0 Å². The maximum absolute atomic E-state index is 13.4. The molecule has 2 rings (SSSR count). The molecule has 1 aliphatic rings. The number of rotatable bonds is 2. The van der Waals surface area contributed by atoms with Gasteiger partial charge in [0.05, 0.1) is 6.10 Å². The second-order valence-corrected chi connectivity index (χ2v) is 5.03. The van der Waals surface area contributed by atoms with Crippen LogP contribution >= 0.6 is 11.8 Å². The molecule has 84 valence electrons. The number of nitriles is 1. The minimum Gasteiger partial charge on any atom is -0.377 e. The molecule has 4 heteroatoms. The zero-order valence-electron chi connectivity index (χ0n) is 8.94. The van der Waals surface area contributed by atoms with Gasteiger partial charge in [-0.25, -0.2) is 4.39 Å². The van der Waals surface area contributed by atoms with Gasteiger partial charge in [0.15, 0.2) is 0 Å². The first kappa shape index (κ1) is 11.4. The van der Waals surface area contributed by atoms with Crippen molar-refractivity contribution in [2.45, 2.75) is 29.6 Å². The van der Waals surface area contributed by atoms with E-state index >= 15 is 0 Å². The van der Waals surface area contributed by atoms with E-state index < -0.39 is 5.82 Å². The van der Waals surface area contributed by atoms with Crippen LogP contribution in [0.5, 0.6) is 0 Å². The van der Waals surface area contributed by atoms with Gasteiger partial charge in [-0.3, -0.25) is 0 Å². The maximum atomic E-state index is 13.4. The summed E-state index contributed by atoms with van der Waals surface area (Å²) in [5.74, 6) is -0.445. The molecule has 1 heterocycles. The van der Waals surface area contributed by atoms with Crippen molar-refractivity contribution in [3.8, 4) is 6.07 Å². The molecule has 0 N–H and O–H groups in total. The van der Waals surface area contributed by atoms with E-state index in [-0.39, 0.29) is 11.7 Å². The molecule has 16 heavy (non-hydrogen) atoms. The first-order valence-electron chi connectivity index (χ1n) is 5.19. The highest BCUT2D eigenvalue weighted by Gasteiger charge is 2.26. The Kier molecular flexibility index (Phi) is 3.47. The number of hydrogen-bond donors (Lipinski definition) is 0. The minimum absolute atomic E-state index is 0.145. The molecule has 2 atom stereocenters. The van der Waals surface area contributed by atoms with E-state index in [0.717, 1.165) is 13.0 Å². The average molecular weight is 237 g/mol. The Morgan fingerprint density at radius 3 is 3.00 bits per heavy atom. The Balaban J connectivity index is 2.21. The molecule has 0 aromatic heterocycles. The van der Waals surface area contributed by atoms with Crippen LogP contribution in [0.2, 0.25) is 0 Å². The van der Waals surface area contributed by atoms with Gasteiger partial charge >= 0.3 is 0 Å². The number of thioether (sulfide) groups is 1. The highest BCUT2D eigenvalue weighted by Crippen LogP contribution is 2.34. The van der Waals surface area contributed by atoms with Gasteiger partial charge in [0.1, 0.15) is 17.4 Å². The summed E-state index contributed by atoms with van der Waals surface area (Å²) in [6, 6.07) is 6.66. The standard InChI is InChI=1S/C12H12FNOS/c1-8-11(5-6-15-8)16-12-4-2-3-10(13)9(12)7-14/h2-4,8,11H,5-6H2,1H3/t8-,11-/m1/s1. The third kappa shape index (κ3) is 2.21. The molecular formula is C12H12FNOS. The molecule has 1 saturated heterocycles. The van der Waals surface area contributed by atoms with Crippen LogP contribution in [-0.2, 0) is 4.74 Å². The van der Waals surface area contributed by atoms with E-state index in [2.05, 4.69) is 0 Å². The van der Waals surface area contributed by atoms with Crippen molar-refractivity contribution < 1.29 is 9.13 Å². The Bertz CT molecular complexity index is 430. The van der Waals surface area contributed by atoms with E-state index in [1.165, 1.54) is 17.8 Å². The van der Waals surface area contributed by atoms with E-state index in [0.29, 0.717) is 10.1 Å². The fraction of sp³-hybridized carbons (Fsp3) is 0.417. The van der Waals surface area contributed by atoms with Crippen molar-refractivity contribution in [1.29, 1.82) is 5.26 Å². The van der Waals surface area contributed by atoms with Crippen LogP contribution in [-0.4, -0.2) is 18.0 Å².